The maximum atomic E-state index is 13.4. The number of ether oxygens (including phenoxy) is 2. The lowest BCUT2D eigenvalue weighted by molar-refractivity contribution is -0.143. The molecule has 39 heavy (non-hydrogen) atoms. The molecule has 0 aliphatic rings. The Morgan fingerprint density at radius 2 is 1.72 bits per heavy atom. The first-order valence-corrected chi connectivity index (χ1v) is 12.7. The zero-order valence-corrected chi connectivity index (χ0v) is 21.6. The van der Waals surface area contributed by atoms with Crippen LogP contribution in [0.3, 0.4) is 0 Å². The SMILES string of the molecule is COC(=O)COc1cccc(/C=N\NC(=O)CN(c2cccc(C(F)(F)F)c2)S(=O)(=O)c2ccc(C)cc2)c1. The largest absolute Gasteiger partial charge is 0.482 e. The Morgan fingerprint density at radius 3 is 2.38 bits per heavy atom. The van der Waals surface area contributed by atoms with Crippen molar-refractivity contribution >= 4 is 33.8 Å². The number of anilines is 1. The second kappa shape index (κ2) is 12.4. The van der Waals surface area contributed by atoms with Crippen molar-refractivity contribution in [3.8, 4) is 5.75 Å². The Kier molecular flexibility index (Phi) is 9.30. The molecule has 3 aromatic carbocycles. The van der Waals surface area contributed by atoms with Gasteiger partial charge in [-0.25, -0.2) is 18.6 Å². The Hall–Kier alpha value is -4.39. The monoisotopic (exact) mass is 563 g/mol. The minimum absolute atomic E-state index is 0.203. The molecule has 3 aromatic rings. The highest BCUT2D eigenvalue weighted by Crippen LogP contribution is 2.33. The van der Waals surface area contributed by atoms with E-state index in [9.17, 15) is 31.2 Å². The number of hydrazone groups is 1. The molecule has 0 aromatic heterocycles. The number of rotatable bonds is 10. The summed E-state index contributed by atoms with van der Waals surface area (Å²) in [5.74, 6) is -1.15. The van der Waals surface area contributed by atoms with Gasteiger partial charge in [-0.15, -0.1) is 0 Å². The molecule has 0 atom stereocenters. The fourth-order valence-corrected chi connectivity index (χ4v) is 4.63. The van der Waals surface area contributed by atoms with Crippen molar-refractivity contribution < 1.29 is 40.7 Å². The maximum absolute atomic E-state index is 13.4. The van der Waals surface area contributed by atoms with Crippen molar-refractivity contribution in [3.05, 3.63) is 89.5 Å². The molecule has 0 spiro atoms. The molecule has 0 heterocycles. The first kappa shape index (κ1) is 29.2. The highest BCUT2D eigenvalue weighted by atomic mass is 32.2. The van der Waals surface area contributed by atoms with Gasteiger partial charge >= 0.3 is 12.1 Å². The van der Waals surface area contributed by atoms with Gasteiger partial charge in [0, 0.05) is 0 Å². The summed E-state index contributed by atoms with van der Waals surface area (Å²) in [6.45, 7) is 0.583. The molecule has 1 amide bonds. The first-order chi connectivity index (χ1) is 18.4. The summed E-state index contributed by atoms with van der Waals surface area (Å²) in [5.41, 5.74) is 2.00. The summed E-state index contributed by atoms with van der Waals surface area (Å²) in [6.07, 6.45) is -3.48. The summed E-state index contributed by atoms with van der Waals surface area (Å²) < 4.78 is 77.1. The van der Waals surface area contributed by atoms with Gasteiger partial charge in [0.1, 0.15) is 12.3 Å². The number of hydrogen-bond acceptors (Lipinski definition) is 7. The highest BCUT2D eigenvalue weighted by molar-refractivity contribution is 7.92. The van der Waals surface area contributed by atoms with E-state index in [4.69, 9.17) is 4.74 Å². The van der Waals surface area contributed by atoms with Crippen LogP contribution < -0.4 is 14.5 Å². The smallest absolute Gasteiger partial charge is 0.416 e. The van der Waals surface area contributed by atoms with Crippen molar-refractivity contribution in [2.75, 3.05) is 24.6 Å². The van der Waals surface area contributed by atoms with E-state index < -0.39 is 40.2 Å². The molecule has 13 heteroatoms. The second-order valence-electron chi connectivity index (χ2n) is 8.10. The van der Waals surface area contributed by atoms with Gasteiger partial charge in [-0.2, -0.15) is 18.3 Å². The van der Waals surface area contributed by atoms with Gasteiger partial charge in [-0.3, -0.25) is 9.10 Å². The molecule has 0 aliphatic carbocycles. The maximum Gasteiger partial charge on any atom is 0.416 e. The normalized spacial score (nSPS) is 11.7. The van der Waals surface area contributed by atoms with Gasteiger partial charge in [-0.05, 0) is 55.0 Å². The zero-order valence-electron chi connectivity index (χ0n) is 20.8. The lowest BCUT2D eigenvalue weighted by Gasteiger charge is -2.24. The third-order valence-corrected chi connectivity index (χ3v) is 6.99. The summed E-state index contributed by atoms with van der Waals surface area (Å²) in [5, 5.41) is 3.79. The molecular weight excluding hydrogens is 539 g/mol. The molecule has 0 aliphatic heterocycles. The Morgan fingerprint density at radius 1 is 1.03 bits per heavy atom. The number of alkyl halides is 3. The minimum Gasteiger partial charge on any atom is -0.482 e. The predicted octanol–water partition coefficient (Wildman–Crippen LogP) is 3.91. The topological polar surface area (TPSA) is 114 Å². The summed E-state index contributed by atoms with van der Waals surface area (Å²) in [7, 11) is -3.21. The van der Waals surface area contributed by atoms with Gasteiger partial charge in [0.05, 0.1) is 29.5 Å². The van der Waals surface area contributed by atoms with Gasteiger partial charge in [0.25, 0.3) is 15.9 Å². The van der Waals surface area contributed by atoms with E-state index in [0.717, 1.165) is 23.8 Å². The van der Waals surface area contributed by atoms with Crippen molar-refractivity contribution in [2.45, 2.75) is 18.0 Å². The number of hydrogen-bond donors (Lipinski definition) is 1. The number of halogens is 3. The van der Waals surface area contributed by atoms with Crippen LogP contribution in [-0.4, -0.2) is 46.8 Å². The molecule has 0 fully saturated rings. The van der Waals surface area contributed by atoms with Crippen LogP contribution in [0, 0.1) is 6.92 Å². The number of esters is 1. The van der Waals surface area contributed by atoms with Gasteiger partial charge in [0.2, 0.25) is 0 Å². The van der Waals surface area contributed by atoms with E-state index in [1.54, 1.807) is 25.1 Å². The standard InChI is InChI=1S/C26H24F3N3O6S/c1-18-9-11-23(12-10-18)39(35,36)32(21-7-4-6-20(14-21)26(27,28)29)16-24(33)31-30-15-19-5-3-8-22(13-19)38-17-25(34)37-2/h3-15H,16-17H2,1-2H3,(H,31,33)/b30-15-. The summed E-state index contributed by atoms with van der Waals surface area (Å²) in [4.78, 5) is 23.7. The third-order valence-electron chi connectivity index (χ3n) is 5.20. The molecule has 0 bridgehead atoms. The summed E-state index contributed by atoms with van der Waals surface area (Å²) >= 11 is 0. The van der Waals surface area contributed by atoms with E-state index in [0.29, 0.717) is 21.7 Å². The van der Waals surface area contributed by atoms with Crippen LogP contribution in [0.4, 0.5) is 18.9 Å². The molecule has 0 unspecified atom stereocenters. The molecule has 9 nitrogen and oxygen atoms in total. The number of methoxy groups -OCH3 is 1. The van der Waals surface area contributed by atoms with Crippen molar-refractivity contribution in [1.82, 2.24) is 5.43 Å². The third kappa shape index (κ3) is 8.04. The molecule has 1 N–H and O–H groups in total. The van der Waals surface area contributed by atoms with Crippen molar-refractivity contribution in [3.63, 3.8) is 0 Å². The molecular formula is C26H24F3N3O6S. The molecule has 0 saturated carbocycles. The average molecular weight is 564 g/mol. The van der Waals surface area contributed by atoms with Crippen molar-refractivity contribution in [2.24, 2.45) is 5.10 Å². The molecule has 3 rings (SSSR count). The van der Waals surface area contributed by atoms with Crippen LogP contribution in [0.2, 0.25) is 0 Å². The van der Waals surface area contributed by atoms with Gasteiger partial charge < -0.3 is 9.47 Å². The van der Waals surface area contributed by atoms with Gasteiger partial charge in [-0.1, -0.05) is 35.9 Å². The number of nitrogens with one attached hydrogen (secondary N) is 1. The fourth-order valence-electron chi connectivity index (χ4n) is 3.22. The number of carbonyl (C=O) groups excluding carboxylic acids is 2. The van der Waals surface area contributed by atoms with E-state index in [1.165, 1.54) is 43.7 Å². The number of nitrogens with zero attached hydrogens (tertiary/aromatic N) is 2. The lowest BCUT2D eigenvalue weighted by atomic mass is 10.2. The second-order valence-corrected chi connectivity index (χ2v) is 9.97. The number of amides is 1. The van der Waals surface area contributed by atoms with Crippen LogP contribution in [0.1, 0.15) is 16.7 Å². The van der Waals surface area contributed by atoms with Crippen LogP contribution in [-0.2, 0) is 30.5 Å². The molecule has 0 saturated heterocycles. The average Bonchev–Trinajstić information content (AvgIpc) is 2.90. The van der Waals surface area contributed by atoms with E-state index in [1.807, 2.05) is 0 Å². The van der Waals surface area contributed by atoms with Crippen LogP contribution in [0.5, 0.6) is 5.75 Å². The number of sulfonamides is 1. The highest BCUT2D eigenvalue weighted by Gasteiger charge is 2.33. The van der Waals surface area contributed by atoms with Crippen LogP contribution in [0.25, 0.3) is 0 Å². The van der Waals surface area contributed by atoms with Crippen LogP contribution >= 0.6 is 0 Å². The van der Waals surface area contributed by atoms with E-state index in [-0.39, 0.29) is 17.2 Å². The van der Waals surface area contributed by atoms with Crippen molar-refractivity contribution in [1.29, 1.82) is 0 Å². The molecule has 0 radical (unpaired) electrons. The van der Waals surface area contributed by atoms with Crippen LogP contribution in [0.15, 0.2) is 82.8 Å². The quantitative estimate of drug-likeness (QED) is 0.227. The lowest BCUT2D eigenvalue weighted by Crippen LogP contribution is -2.39. The predicted molar refractivity (Wildman–Crippen MR) is 137 cm³/mol. The number of aryl methyl sites for hydroxylation is 1. The fraction of sp³-hybridized carbons (Fsp3) is 0.192. The first-order valence-electron chi connectivity index (χ1n) is 11.3. The van der Waals surface area contributed by atoms with E-state index in [2.05, 4.69) is 15.3 Å². The Balaban J connectivity index is 1.82. The number of benzene rings is 3. The Bertz CT molecular complexity index is 1460. The van der Waals surface area contributed by atoms with Gasteiger partial charge in [0.15, 0.2) is 6.61 Å². The minimum atomic E-state index is -4.73. The van der Waals surface area contributed by atoms with E-state index >= 15 is 0 Å². The number of carbonyl (C=O) groups is 2. The zero-order chi connectivity index (χ0) is 28.6. The summed E-state index contributed by atoms with van der Waals surface area (Å²) in [6, 6.07) is 15.7. The Labute approximate surface area is 222 Å². The molecule has 206 valence electrons.